The lowest BCUT2D eigenvalue weighted by atomic mass is 9.96. The van der Waals surface area contributed by atoms with Gasteiger partial charge >= 0.3 is 0 Å². The Hall–Kier alpha value is -0.620. The van der Waals surface area contributed by atoms with Gasteiger partial charge in [-0.05, 0) is 27.2 Å². The minimum atomic E-state index is -3.21. The summed E-state index contributed by atoms with van der Waals surface area (Å²) in [6.45, 7) is 6.83. The Balaban J connectivity index is 4.55. The monoisotopic (exact) mass is 264 g/mol. The lowest BCUT2D eigenvalue weighted by Crippen LogP contribution is -2.55. The second-order valence-electron chi connectivity index (χ2n) is 5.38. The van der Waals surface area contributed by atoms with Gasteiger partial charge in [0, 0.05) is 12.8 Å². The van der Waals surface area contributed by atoms with Gasteiger partial charge in [-0.1, -0.05) is 13.3 Å². The van der Waals surface area contributed by atoms with Crippen LogP contribution in [0.4, 0.5) is 0 Å². The van der Waals surface area contributed by atoms with Crippen LogP contribution in [0.2, 0.25) is 0 Å². The third-order valence-electron chi connectivity index (χ3n) is 2.97. The molecule has 5 nitrogen and oxygen atoms in total. The number of hydrogen-bond acceptors (Lipinski definition) is 4. The van der Waals surface area contributed by atoms with Crippen LogP contribution in [0.3, 0.4) is 0 Å². The maximum absolute atomic E-state index is 11.8. The van der Waals surface area contributed by atoms with Crippen LogP contribution in [0, 0.1) is 0 Å². The van der Waals surface area contributed by atoms with Crippen LogP contribution >= 0.6 is 0 Å². The van der Waals surface area contributed by atoms with Gasteiger partial charge in [-0.3, -0.25) is 4.79 Å². The molecule has 0 aliphatic heterocycles. The van der Waals surface area contributed by atoms with Crippen LogP contribution in [-0.4, -0.2) is 37.4 Å². The molecule has 17 heavy (non-hydrogen) atoms. The molecule has 1 amide bonds. The van der Waals surface area contributed by atoms with Gasteiger partial charge in [0.2, 0.25) is 5.91 Å². The number of carbonyl (C=O) groups excluding carboxylic acids is 1. The second-order valence-corrected chi connectivity index (χ2v) is 8.03. The molecule has 1 unspecified atom stereocenters. The van der Waals surface area contributed by atoms with Gasteiger partial charge in [-0.25, -0.2) is 8.42 Å². The van der Waals surface area contributed by atoms with Gasteiger partial charge in [0.05, 0.1) is 10.3 Å². The maximum atomic E-state index is 11.8. The van der Waals surface area contributed by atoms with Crippen LogP contribution < -0.4 is 11.1 Å². The standard InChI is InChI=1S/C11H24N2O3S/c1-6-7-11(4,12)9(14)13-8-10(2,3)17(5,15)16/h6-8,12H2,1-5H3,(H,13,14). The summed E-state index contributed by atoms with van der Waals surface area (Å²) in [5, 5.41) is 2.61. The zero-order valence-electron chi connectivity index (χ0n) is 11.3. The van der Waals surface area contributed by atoms with E-state index in [2.05, 4.69) is 5.32 Å². The predicted octanol–water partition coefficient (Wildman–Crippen LogP) is 0.443. The van der Waals surface area contributed by atoms with Gasteiger partial charge in [0.25, 0.3) is 0 Å². The van der Waals surface area contributed by atoms with Crippen molar-refractivity contribution in [3.63, 3.8) is 0 Å². The van der Waals surface area contributed by atoms with Gasteiger partial charge < -0.3 is 11.1 Å². The maximum Gasteiger partial charge on any atom is 0.239 e. The van der Waals surface area contributed by atoms with Gasteiger partial charge in [0.15, 0.2) is 9.84 Å². The molecule has 0 radical (unpaired) electrons. The molecule has 0 saturated carbocycles. The molecular formula is C11H24N2O3S. The minimum Gasteiger partial charge on any atom is -0.353 e. The Morgan fingerprint density at radius 1 is 1.29 bits per heavy atom. The van der Waals surface area contributed by atoms with Crippen LogP contribution in [0.15, 0.2) is 0 Å². The second kappa shape index (κ2) is 5.35. The smallest absolute Gasteiger partial charge is 0.239 e. The fraction of sp³-hybridized carbons (Fsp3) is 0.909. The number of amides is 1. The lowest BCUT2D eigenvalue weighted by molar-refractivity contribution is -0.126. The highest BCUT2D eigenvalue weighted by Gasteiger charge is 2.33. The normalized spacial score (nSPS) is 16.4. The highest BCUT2D eigenvalue weighted by molar-refractivity contribution is 7.92. The van der Waals surface area contributed by atoms with Gasteiger partial charge in [-0.15, -0.1) is 0 Å². The van der Waals surface area contributed by atoms with E-state index in [0.717, 1.165) is 12.7 Å². The highest BCUT2D eigenvalue weighted by atomic mass is 32.2. The fourth-order valence-corrected chi connectivity index (χ4v) is 1.59. The Morgan fingerprint density at radius 3 is 2.12 bits per heavy atom. The first-order chi connectivity index (χ1) is 7.44. The molecule has 0 aromatic carbocycles. The largest absolute Gasteiger partial charge is 0.353 e. The van der Waals surface area contributed by atoms with E-state index in [9.17, 15) is 13.2 Å². The van der Waals surface area contributed by atoms with Crippen molar-refractivity contribution in [1.82, 2.24) is 5.32 Å². The predicted molar refractivity (Wildman–Crippen MR) is 69.4 cm³/mol. The van der Waals surface area contributed by atoms with E-state index < -0.39 is 20.1 Å². The summed E-state index contributed by atoms with van der Waals surface area (Å²) in [5.41, 5.74) is 4.91. The van der Waals surface area contributed by atoms with Gasteiger partial charge in [0.1, 0.15) is 0 Å². The molecule has 0 spiro atoms. The molecule has 6 heteroatoms. The molecule has 0 aromatic rings. The average molecular weight is 264 g/mol. The number of nitrogens with one attached hydrogen (secondary N) is 1. The number of carbonyl (C=O) groups is 1. The topological polar surface area (TPSA) is 89.3 Å². The Morgan fingerprint density at radius 2 is 1.76 bits per heavy atom. The van der Waals surface area contributed by atoms with Crippen LogP contribution in [0.25, 0.3) is 0 Å². The Labute approximate surface area is 104 Å². The summed E-state index contributed by atoms with van der Waals surface area (Å²) in [5.74, 6) is -0.309. The van der Waals surface area contributed by atoms with Crippen molar-refractivity contribution < 1.29 is 13.2 Å². The summed E-state index contributed by atoms with van der Waals surface area (Å²) in [6.07, 6.45) is 2.53. The van der Waals surface area contributed by atoms with Crippen molar-refractivity contribution in [2.75, 3.05) is 12.8 Å². The molecule has 102 valence electrons. The average Bonchev–Trinajstić information content (AvgIpc) is 2.12. The zero-order valence-corrected chi connectivity index (χ0v) is 12.1. The van der Waals surface area contributed by atoms with E-state index in [1.54, 1.807) is 20.8 Å². The van der Waals surface area contributed by atoms with Crippen molar-refractivity contribution in [3.05, 3.63) is 0 Å². The van der Waals surface area contributed by atoms with E-state index in [1.165, 1.54) is 0 Å². The third kappa shape index (κ3) is 4.63. The molecule has 0 heterocycles. The lowest BCUT2D eigenvalue weighted by Gasteiger charge is -2.27. The van der Waals surface area contributed by atoms with Crippen molar-refractivity contribution in [3.8, 4) is 0 Å². The Kier molecular flexibility index (Phi) is 5.16. The first-order valence-corrected chi connectivity index (χ1v) is 7.60. The van der Waals surface area contributed by atoms with Crippen molar-refractivity contribution in [2.45, 2.75) is 50.8 Å². The van der Waals surface area contributed by atoms with Crippen LogP contribution in [0.5, 0.6) is 0 Å². The SMILES string of the molecule is CCCC(C)(N)C(=O)NCC(C)(C)S(C)(=O)=O. The van der Waals surface area contributed by atoms with Crippen molar-refractivity contribution in [2.24, 2.45) is 5.73 Å². The molecule has 0 aromatic heterocycles. The van der Waals surface area contributed by atoms with E-state index in [4.69, 9.17) is 5.73 Å². The first-order valence-electron chi connectivity index (χ1n) is 5.71. The van der Waals surface area contributed by atoms with E-state index in [1.807, 2.05) is 6.92 Å². The molecule has 0 saturated heterocycles. The zero-order chi connectivity index (χ0) is 13.9. The summed E-state index contributed by atoms with van der Waals surface area (Å²) in [4.78, 5) is 11.8. The summed E-state index contributed by atoms with van der Waals surface area (Å²) in [7, 11) is -3.21. The molecule has 3 N–H and O–H groups in total. The van der Waals surface area contributed by atoms with E-state index in [0.29, 0.717) is 6.42 Å². The molecule has 0 aliphatic carbocycles. The number of sulfone groups is 1. The van der Waals surface area contributed by atoms with Crippen LogP contribution in [0.1, 0.15) is 40.5 Å². The minimum absolute atomic E-state index is 0.0706. The summed E-state index contributed by atoms with van der Waals surface area (Å²) in [6, 6.07) is 0. The number of nitrogens with two attached hydrogens (primary N) is 1. The molecule has 0 rings (SSSR count). The molecular weight excluding hydrogens is 240 g/mol. The number of hydrogen-bond donors (Lipinski definition) is 2. The highest BCUT2D eigenvalue weighted by Crippen LogP contribution is 2.14. The third-order valence-corrected chi connectivity index (χ3v) is 5.12. The summed E-state index contributed by atoms with van der Waals surface area (Å²) >= 11 is 0. The van der Waals surface area contributed by atoms with Crippen molar-refractivity contribution in [1.29, 1.82) is 0 Å². The van der Waals surface area contributed by atoms with Crippen LogP contribution in [-0.2, 0) is 14.6 Å². The quantitative estimate of drug-likeness (QED) is 0.728. The molecule has 0 aliphatic rings. The van der Waals surface area contributed by atoms with Crippen molar-refractivity contribution >= 4 is 15.7 Å². The van der Waals surface area contributed by atoms with Gasteiger partial charge in [-0.2, -0.15) is 0 Å². The number of rotatable bonds is 6. The fourth-order valence-electron chi connectivity index (χ4n) is 1.26. The summed E-state index contributed by atoms with van der Waals surface area (Å²) < 4.78 is 21.9. The molecule has 1 atom stereocenters. The Bertz CT molecular complexity index is 372. The van der Waals surface area contributed by atoms with E-state index >= 15 is 0 Å². The molecule has 0 fully saturated rings. The van der Waals surface area contributed by atoms with E-state index in [-0.39, 0.29) is 12.5 Å². The molecule has 0 bridgehead atoms. The first kappa shape index (κ1) is 16.4.